The topological polar surface area (TPSA) is 73.9 Å². The highest BCUT2D eigenvalue weighted by Crippen LogP contribution is 2.42. The average Bonchev–Trinajstić information content (AvgIpc) is 3.61. The lowest BCUT2D eigenvalue weighted by Gasteiger charge is -2.34. The molecular formula is C32H29N5O2. The van der Waals surface area contributed by atoms with Gasteiger partial charge in [0, 0.05) is 17.7 Å². The van der Waals surface area contributed by atoms with Crippen LogP contribution in [0.1, 0.15) is 34.3 Å². The van der Waals surface area contributed by atoms with Gasteiger partial charge < -0.3 is 9.64 Å². The molecule has 7 heteroatoms. The number of carbonyl (C=O) groups excluding carboxylic acids is 1. The van der Waals surface area contributed by atoms with E-state index in [1.807, 2.05) is 72.8 Å². The van der Waals surface area contributed by atoms with Crippen molar-refractivity contribution in [1.29, 1.82) is 5.26 Å². The second kappa shape index (κ2) is 10.2. The van der Waals surface area contributed by atoms with Gasteiger partial charge in [-0.3, -0.25) is 9.30 Å². The van der Waals surface area contributed by atoms with Gasteiger partial charge >= 0.3 is 5.97 Å². The molecule has 0 radical (unpaired) electrons. The summed E-state index contributed by atoms with van der Waals surface area (Å²) in [5.41, 5.74) is 5.71. The normalized spacial score (nSPS) is 15.2. The summed E-state index contributed by atoms with van der Waals surface area (Å²) in [5.74, 6) is 0.534. The van der Waals surface area contributed by atoms with Gasteiger partial charge in [-0.25, -0.2) is 9.78 Å². The molecule has 194 valence electrons. The van der Waals surface area contributed by atoms with Crippen LogP contribution >= 0.6 is 0 Å². The van der Waals surface area contributed by atoms with Crippen molar-refractivity contribution in [2.24, 2.45) is 0 Å². The summed E-state index contributed by atoms with van der Waals surface area (Å²) < 4.78 is 8.00. The van der Waals surface area contributed by atoms with Crippen LogP contribution in [0, 0.1) is 11.3 Å². The van der Waals surface area contributed by atoms with Gasteiger partial charge in [-0.15, -0.1) is 0 Å². The summed E-state index contributed by atoms with van der Waals surface area (Å²) in [5, 5.41) is 10.5. The van der Waals surface area contributed by atoms with Crippen molar-refractivity contribution in [3.05, 3.63) is 102 Å². The van der Waals surface area contributed by atoms with Crippen LogP contribution in [0.25, 0.3) is 27.8 Å². The van der Waals surface area contributed by atoms with Crippen LogP contribution in [-0.4, -0.2) is 47.1 Å². The largest absolute Gasteiger partial charge is 0.457 e. The predicted octanol–water partition coefficient (Wildman–Crippen LogP) is 5.87. The van der Waals surface area contributed by atoms with Crippen molar-refractivity contribution >= 4 is 28.5 Å². The zero-order chi connectivity index (χ0) is 26.9. The summed E-state index contributed by atoms with van der Waals surface area (Å²) in [6, 6.07) is 29.4. The minimum atomic E-state index is -0.430. The Balaban J connectivity index is 1.66. The van der Waals surface area contributed by atoms with E-state index in [1.54, 1.807) is 12.1 Å². The molecule has 0 spiro atoms. The van der Waals surface area contributed by atoms with Crippen molar-refractivity contribution in [3.8, 4) is 17.2 Å². The minimum Gasteiger partial charge on any atom is -0.457 e. The molecule has 1 fully saturated rings. The molecule has 1 atom stereocenters. The lowest BCUT2D eigenvalue weighted by atomic mass is 9.96. The molecule has 0 bridgehead atoms. The van der Waals surface area contributed by atoms with Crippen LogP contribution in [0.15, 0.2) is 84.9 Å². The monoisotopic (exact) mass is 515 g/mol. The predicted molar refractivity (Wildman–Crippen MR) is 152 cm³/mol. The first kappa shape index (κ1) is 24.7. The summed E-state index contributed by atoms with van der Waals surface area (Å²) >= 11 is 0. The molecule has 3 heterocycles. The molecule has 3 aromatic carbocycles. The Bertz CT molecular complexity index is 1700. The van der Waals surface area contributed by atoms with Crippen molar-refractivity contribution in [1.82, 2.24) is 14.3 Å². The Labute approximate surface area is 227 Å². The molecule has 0 amide bonds. The first-order valence-electron chi connectivity index (χ1n) is 13.1. The molecule has 1 aliphatic rings. The highest BCUT2D eigenvalue weighted by atomic mass is 16.5. The van der Waals surface area contributed by atoms with Gasteiger partial charge in [0.05, 0.1) is 22.8 Å². The van der Waals surface area contributed by atoms with E-state index in [4.69, 9.17) is 9.72 Å². The molecule has 1 saturated heterocycles. The number of esters is 1. The Morgan fingerprint density at radius 3 is 2.44 bits per heavy atom. The van der Waals surface area contributed by atoms with E-state index in [9.17, 15) is 10.1 Å². The Morgan fingerprint density at radius 2 is 1.72 bits per heavy atom. The van der Waals surface area contributed by atoms with Gasteiger partial charge in [0.15, 0.2) is 5.65 Å². The molecule has 5 aromatic rings. The SMILES string of the molecule is CN(C)C1CCCN1c1c(-c2ccccc2)c(COC(=O)c2ccccc2)c(C#N)c2nc3ccccc3n12. The first-order valence-corrected chi connectivity index (χ1v) is 13.1. The molecule has 1 unspecified atom stereocenters. The number of anilines is 1. The number of nitrogens with zero attached hydrogens (tertiary/aromatic N) is 5. The summed E-state index contributed by atoms with van der Waals surface area (Å²) in [6.45, 7) is 0.813. The van der Waals surface area contributed by atoms with E-state index in [0.29, 0.717) is 22.3 Å². The lowest BCUT2D eigenvalue weighted by Crippen LogP contribution is -2.41. The number of fused-ring (bicyclic) bond motifs is 3. The van der Waals surface area contributed by atoms with Crippen molar-refractivity contribution in [2.45, 2.75) is 25.6 Å². The second-order valence-corrected chi connectivity index (χ2v) is 10.0. The first-order chi connectivity index (χ1) is 19.1. The average molecular weight is 516 g/mol. The molecule has 6 rings (SSSR count). The minimum absolute atomic E-state index is 0.0476. The highest BCUT2D eigenvalue weighted by Gasteiger charge is 2.34. The number of imidazole rings is 1. The van der Waals surface area contributed by atoms with E-state index in [0.717, 1.165) is 47.4 Å². The number of pyridine rings is 1. The Hall–Kier alpha value is -4.67. The van der Waals surface area contributed by atoms with Gasteiger partial charge in [-0.2, -0.15) is 5.26 Å². The maximum atomic E-state index is 13.0. The van der Waals surface area contributed by atoms with E-state index >= 15 is 0 Å². The fourth-order valence-electron chi connectivity index (χ4n) is 5.69. The molecule has 7 nitrogen and oxygen atoms in total. The third-order valence-electron chi connectivity index (χ3n) is 7.44. The van der Waals surface area contributed by atoms with Gasteiger partial charge in [-0.1, -0.05) is 60.7 Å². The number of hydrogen-bond donors (Lipinski definition) is 0. The summed E-state index contributed by atoms with van der Waals surface area (Å²) in [6.07, 6.45) is 2.24. The van der Waals surface area contributed by atoms with Crippen LogP contribution in [0.4, 0.5) is 5.82 Å². The summed E-state index contributed by atoms with van der Waals surface area (Å²) in [4.78, 5) is 22.6. The Kier molecular flexibility index (Phi) is 6.47. The van der Waals surface area contributed by atoms with E-state index in [-0.39, 0.29) is 12.8 Å². The fraction of sp³-hybridized carbons (Fsp3) is 0.219. The molecular weight excluding hydrogens is 486 g/mol. The van der Waals surface area contributed by atoms with Gasteiger partial charge in [0.1, 0.15) is 24.1 Å². The third kappa shape index (κ3) is 4.29. The number of para-hydroxylation sites is 2. The van der Waals surface area contributed by atoms with Crippen LogP contribution in [0.5, 0.6) is 0 Å². The molecule has 0 N–H and O–H groups in total. The maximum Gasteiger partial charge on any atom is 0.338 e. The smallest absolute Gasteiger partial charge is 0.338 e. The molecule has 39 heavy (non-hydrogen) atoms. The van der Waals surface area contributed by atoms with Crippen molar-refractivity contribution < 1.29 is 9.53 Å². The zero-order valence-electron chi connectivity index (χ0n) is 22.0. The lowest BCUT2D eigenvalue weighted by molar-refractivity contribution is 0.0473. The summed E-state index contributed by atoms with van der Waals surface area (Å²) in [7, 11) is 4.20. The third-order valence-corrected chi connectivity index (χ3v) is 7.44. The van der Waals surface area contributed by atoms with Crippen LogP contribution in [-0.2, 0) is 11.3 Å². The van der Waals surface area contributed by atoms with Gasteiger partial charge in [-0.05, 0) is 56.8 Å². The van der Waals surface area contributed by atoms with E-state index < -0.39 is 5.97 Å². The molecule has 1 aliphatic heterocycles. The zero-order valence-corrected chi connectivity index (χ0v) is 22.0. The fourth-order valence-corrected chi connectivity index (χ4v) is 5.69. The van der Waals surface area contributed by atoms with Gasteiger partial charge in [0.25, 0.3) is 0 Å². The number of carbonyl (C=O) groups is 1. The number of benzene rings is 3. The second-order valence-electron chi connectivity index (χ2n) is 10.0. The van der Waals surface area contributed by atoms with Gasteiger partial charge in [0.2, 0.25) is 0 Å². The standard InChI is InChI=1S/C32H29N5O2/c1-35(2)28-18-11-19-36(28)31-29(22-12-5-3-6-13-22)25(21-39-32(38)23-14-7-4-8-15-23)24(20-33)30-34-26-16-9-10-17-27(26)37(30)31/h3-10,12-17,28H,11,18-19,21H2,1-2H3. The quantitative estimate of drug-likeness (QED) is 0.263. The van der Waals surface area contributed by atoms with E-state index in [2.05, 4.69) is 34.4 Å². The maximum absolute atomic E-state index is 13.0. The Morgan fingerprint density at radius 1 is 1.03 bits per heavy atom. The van der Waals surface area contributed by atoms with Crippen molar-refractivity contribution in [2.75, 3.05) is 25.5 Å². The van der Waals surface area contributed by atoms with Crippen LogP contribution in [0.2, 0.25) is 0 Å². The number of aromatic nitrogens is 2. The molecule has 0 saturated carbocycles. The van der Waals surface area contributed by atoms with Crippen LogP contribution in [0.3, 0.4) is 0 Å². The number of ether oxygens (including phenoxy) is 1. The number of rotatable bonds is 6. The van der Waals surface area contributed by atoms with Crippen LogP contribution < -0.4 is 4.90 Å². The number of hydrogen-bond acceptors (Lipinski definition) is 6. The number of nitriles is 1. The molecule has 2 aromatic heterocycles. The van der Waals surface area contributed by atoms with Crippen molar-refractivity contribution in [3.63, 3.8) is 0 Å². The van der Waals surface area contributed by atoms with E-state index in [1.165, 1.54) is 0 Å². The highest BCUT2D eigenvalue weighted by molar-refractivity contribution is 5.93. The molecule has 0 aliphatic carbocycles.